The first-order valence-electron chi connectivity index (χ1n) is 10.7. The number of aromatic carboxylic acids is 1. The molecule has 0 atom stereocenters. The minimum absolute atomic E-state index is 0.156. The van der Waals surface area contributed by atoms with E-state index in [0.717, 1.165) is 44.7 Å². The zero-order valence-electron chi connectivity index (χ0n) is 17.8. The Morgan fingerprint density at radius 2 is 1.29 bits per heavy atom. The molecule has 4 aromatic rings. The zero-order chi connectivity index (χ0) is 23.2. The summed E-state index contributed by atoms with van der Waals surface area (Å²) in [5.74, 6) is -1.46. The Hall–Kier alpha value is -4.91. The first kappa shape index (κ1) is 19.8. The van der Waals surface area contributed by atoms with Crippen LogP contribution in [0.5, 0.6) is 5.75 Å². The van der Waals surface area contributed by atoms with Gasteiger partial charge in [-0.05, 0) is 84.5 Å². The lowest BCUT2D eigenvalue weighted by Gasteiger charge is -2.05. The largest absolute Gasteiger partial charge is 0.507 e. The van der Waals surface area contributed by atoms with Crippen molar-refractivity contribution in [3.05, 3.63) is 101 Å². The summed E-state index contributed by atoms with van der Waals surface area (Å²) >= 11 is 0. The van der Waals surface area contributed by atoms with Crippen LogP contribution in [0.4, 0.5) is 0 Å². The number of hydrogen-bond acceptors (Lipinski definition) is 4. The summed E-state index contributed by atoms with van der Waals surface area (Å²) in [5.41, 5.74) is 7.94. The van der Waals surface area contributed by atoms with Crippen molar-refractivity contribution in [2.45, 2.75) is 0 Å². The van der Waals surface area contributed by atoms with E-state index in [2.05, 4.69) is 15.0 Å². The van der Waals surface area contributed by atoms with Gasteiger partial charge in [0.2, 0.25) is 0 Å². The van der Waals surface area contributed by atoms with Gasteiger partial charge in [0.15, 0.2) is 0 Å². The van der Waals surface area contributed by atoms with Gasteiger partial charge in [-0.1, -0.05) is 6.07 Å². The highest BCUT2D eigenvalue weighted by atomic mass is 16.4. The third kappa shape index (κ3) is 3.65. The SMILES string of the molecule is O=C(O)c1cc(C2=Cc3cc4ccc(cc5nc(cc6ccc(cc2n3)[nH]6)C=C5)[nH]4)ccc1O. The fourth-order valence-electron chi connectivity index (χ4n) is 4.12. The highest BCUT2D eigenvalue weighted by Crippen LogP contribution is 2.31. The van der Waals surface area contributed by atoms with Crippen LogP contribution in [0.2, 0.25) is 0 Å². The van der Waals surface area contributed by atoms with Crippen molar-refractivity contribution in [1.82, 2.24) is 19.9 Å². The van der Waals surface area contributed by atoms with E-state index >= 15 is 0 Å². The highest BCUT2D eigenvalue weighted by Gasteiger charge is 2.17. The number of rotatable bonds is 2. The molecule has 3 aromatic heterocycles. The molecule has 0 amide bonds. The quantitative estimate of drug-likeness (QED) is 0.281. The van der Waals surface area contributed by atoms with Gasteiger partial charge in [0.25, 0.3) is 0 Å². The van der Waals surface area contributed by atoms with Crippen molar-refractivity contribution in [1.29, 1.82) is 0 Å². The van der Waals surface area contributed by atoms with Crippen LogP contribution in [0.15, 0.2) is 66.7 Å². The molecule has 5 heterocycles. The number of nitrogens with one attached hydrogen (secondary N) is 2. The predicted molar refractivity (Wildman–Crippen MR) is 132 cm³/mol. The van der Waals surface area contributed by atoms with Crippen LogP contribution < -0.4 is 0 Å². The zero-order valence-corrected chi connectivity index (χ0v) is 17.8. The minimum Gasteiger partial charge on any atom is -0.507 e. The van der Waals surface area contributed by atoms with E-state index in [1.54, 1.807) is 6.07 Å². The maximum atomic E-state index is 11.6. The Morgan fingerprint density at radius 3 is 1.91 bits per heavy atom. The van der Waals surface area contributed by atoms with Gasteiger partial charge in [-0.3, -0.25) is 0 Å². The second-order valence-corrected chi connectivity index (χ2v) is 8.13. The molecular weight excluding hydrogens is 428 g/mol. The lowest BCUT2D eigenvalue weighted by atomic mass is 10.00. The number of benzene rings is 1. The molecule has 0 spiro atoms. The standard InChI is InChI=1S/C27H18N4O3/c32-26-8-1-15(9-24(26)27(33)34)23-13-22-12-20-5-4-18(29-20)10-16-2-3-17(28-16)11-19-6-7-21(30-19)14-25(23)31-22/h1-14,29-30,32H,(H,33,34). The second-order valence-electron chi connectivity index (χ2n) is 8.13. The van der Waals surface area contributed by atoms with Crippen molar-refractivity contribution in [2.24, 2.45) is 0 Å². The normalized spacial score (nSPS) is 12.5. The fraction of sp³-hybridized carbons (Fsp3) is 0. The molecular formula is C27H18N4O3. The third-order valence-electron chi connectivity index (χ3n) is 5.70. The number of H-pyrrole nitrogens is 2. The van der Waals surface area contributed by atoms with E-state index in [9.17, 15) is 15.0 Å². The Morgan fingerprint density at radius 1 is 0.706 bits per heavy atom. The van der Waals surface area contributed by atoms with Crippen molar-refractivity contribution in [2.75, 3.05) is 0 Å². The second kappa shape index (κ2) is 7.60. The lowest BCUT2D eigenvalue weighted by molar-refractivity contribution is 0.0693. The number of fused-ring (bicyclic) bond motifs is 8. The van der Waals surface area contributed by atoms with E-state index in [4.69, 9.17) is 4.98 Å². The number of aromatic amines is 2. The van der Waals surface area contributed by atoms with Crippen LogP contribution in [0.25, 0.3) is 45.9 Å². The van der Waals surface area contributed by atoms with Gasteiger partial charge in [-0.25, -0.2) is 14.8 Å². The molecule has 0 fully saturated rings. The van der Waals surface area contributed by atoms with Crippen LogP contribution in [-0.4, -0.2) is 36.1 Å². The van der Waals surface area contributed by atoms with E-state index in [1.165, 1.54) is 12.1 Å². The highest BCUT2D eigenvalue weighted by molar-refractivity contribution is 5.97. The summed E-state index contributed by atoms with van der Waals surface area (Å²) in [4.78, 5) is 27.7. The van der Waals surface area contributed by atoms with Gasteiger partial charge < -0.3 is 20.2 Å². The number of carboxylic acid groups (broad SMARTS) is 1. The first-order valence-corrected chi connectivity index (χ1v) is 10.7. The average molecular weight is 446 g/mol. The van der Waals surface area contributed by atoms with Crippen LogP contribution >= 0.6 is 0 Å². The van der Waals surface area contributed by atoms with Crippen molar-refractivity contribution in [3.8, 4) is 5.75 Å². The summed E-state index contributed by atoms with van der Waals surface area (Å²) < 4.78 is 0. The molecule has 2 aliphatic rings. The molecule has 4 N–H and O–H groups in total. The smallest absolute Gasteiger partial charge is 0.339 e. The first-order chi connectivity index (χ1) is 16.5. The Balaban J connectivity index is 1.61. The number of carbonyl (C=O) groups is 1. The molecule has 2 aliphatic heterocycles. The molecule has 0 unspecified atom stereocenters. The van der Waals surface area contributed by atoms with Gasteiger partial charge in [-0.2, -0.15) is 0 Å². The maximum Gasteiger partial charge on any atom is 0.339 e. The van der Waals surface area contributed by atoms with E-state index in [-0.39, 0.29) is 11.3 Å². The molecule has 164 valence electrons. The van der Waals surface area contributed by atoms with E-state index < -0.39 is 5.97 Å². The van der Waals surface area contributed by atoms with Crippen molar-refractivity contribution < 1.29 is 15.0 Å². The number of hydrogen-bond donors (Lipinski definition) is 4. The van der Waals surface area contributed by atoms with Gasteiger partial charge in [0, 0.05) is 27.6 Å². The summed E-state index contributed by atoms with van der Waals surface area (Å²) in [7, 11) is 0. The molecule has 8 bridgehead atoms. The maximum absolute atomic E-state index is 11.6. The number of aromatic hydroxyl groups is 1. The van der Waals surface area contributed by atoms with Crippen LogP contribution in [0.1, 0.15) is 38.7 Å². The van der Waals surface area contributed by atoms with Gasteiger partial charge in [0.05, 0.1) is 22.8 Å². The van der Waals surface area contributed by atoms with Crippen molar-refractivity contribution in [3.63, 3.8) is 0 Å². The molecule has 1 aromatic carbocycles. The molecule has 0 aliphatic carbocycles. The van der Waals surface area contributed by atoms with Crippen LogP contribution in [0, 0.1) is 0 Å². The van der Waals surface area contributed by atoms with Gasteiger partial charge in [0.1, 0.15) is 11.3 Å². The molecule has 0 radical (unpaired) electrons. The molecule has 34 heavy (non-hydrogen) atoms. The van der Waals surface area contributed by atoms with E-state index in [0.29, 0.717) is 11.3 Å². The fourth-order valence-corrected chi connectivity index (χ4v) is 4.12. The topological polar surface area (TPSA) is 115 Å². The molecule has 7 heteroatoms. The van der Waals surface area contributed by atoms with Crippen LogP contribution in [-0.2, 0) is 0 Å². The molecule has 6 rings (SSSR count). The predicted octanol–water partition coefficient (Wildman–Crippen LogP) is 5.48. The summed E-state index contributed by atoms with van der Waals surface area (Å²) in [6.45, 7) is 0. The third-order valence-corrected chi connectivity index (χ3v) is 5.70. The number of nitrogens with zero attached hydrogens (tertiary/aromatic N) is 2. The van der Waals surface area contributed by atoms with Crippen molar-refractivity contribution >= 4 is 51.8 Å². The number of aromatic nitrogens is 4. The lowest BCUT2D eigenvalue weighted by Crippen LogP contribution is -1.98. The Kier molecular flexibility index (Phi) is 4.41. The minimum atomic E-state index is -1.19. The summed E-state index contributed by atoms with van der Waals surface area (Å²) in [6.07, 6.45) is 5.86. The Bertz CT molecular complexity index is 1710. The Labute approximate surface area is 193 Å². The monoisotopic (exact) mass is 446 g/mol. The van der Waals surface area contributed by atoms with Crippen LogP contribution in [0.3, 0.4) is 0 Å². The number of carboxylic acids is 1. The molecule has 0 saturated carbocycles. The summed E-state index contributed by atoms with van der Waals surface area (Å²) in [6, 6.07) is 20.2. The van der Waals surface area contributed by atoms with E-state index in [1.807, 2.05) is 66.8 Å². The summed E-state index contributed by atoms with van der Waals surface area (Å²) in [5, 5.41) is 19.4. The molecule has 7 nitrogen and oxygen atoms in total. The average Bonchev–Trinajstić information content (AvgIpc) is 3.59. The van der Waals surface area contributed by atoms with Gasteiger partial charge in [-0.15, -0.1) is 0 Å². The number of phenols is 1. The van der Waals surface area contributed by atoms with Gasteiger partial charge >= 0.3 is 5.97 Å². The molecule has 0 saturated heterocycles.